The molecule has 0 radical (unpaired) electrons. The zero-order valence-electron chi connectivity index (χ0n) is 13.2. The van der Waals surface area contributed by atoms with E-state index in [9.17, 15) is 0 Å². The zero-order chi connectivity index (χ0) is 14.9. The highest BCUT2D eigenvalue weighted by atomic mass is 31.1. The zero-order valence-corrected chi connectivity index (χ0v) is 15.0. The largest absolute Gasteiger partial charge is 0.0785 e. The van der Waals surface area contributed by atoms with Crippen molar-refractivity contribution in [1.29, 1.82) is 0 Å². The van der Waals surface area contributed by atoms with Gasteiger partial charge in [-0.25, -0.2) is 0 Å². The number of hydrogen-bond donors (Lipinski definition) is 0. The van der Waals surface area contributed by atoms with E-state index in [1.54, 1.807) is 10.6 Å². The Morgan fingerprint density at radius 2 is 0.952 bits per heavy atom. The van der Waals surface area contributed by atoms with E-state index in [1.807, 2.05) is 0 Å². The van der Waals surface area contributed by atoms with Crippen LogP contribution in [0, 0.1) is 0 Å². The van der Waals surface area contributed by atoms with Crippen LogP contribution in [0.15, 0.2) is 60.7 Å². The van der Waals surface area contributed by atoms with Gasteiger partial charge >= 0.3 is 0 Å². The van der Waals surface area contributed by atoms with E-state index in [4.69, 9.17) is 0 Å². The summed E-state index contributed by atoms with van der Waals surface area (Å²) in [5.74, 6) is 0. The minimum atomic E-state index is 0.0539. The van der Waals surface area contributed by atoms with Crippen LogP contribution in [0.4, 0.5) is 0 Å². The van der Waals surface area contributed by atoms with Crippen LogP contribution in [0.5, 0.6) is 0 Å². The van der Waals surface area contributed by atoms with Crippen molar-refractivity contribution < 1.29 is 0 Å². The van der Waals surface area contributed by atoms with Crippen molar-refractivity contribution in [3.8, 4) is 0 Å². The van der Waals surface area contributed by atoms with Crippen LogP contribution in [0.2, 0.25) is 0 Å². The third-order valence-corrected chi connectivity index (χ3v) is 8.21. The highest BCUT2D eigenvalue weighted by Gasteiger charge is 2.05. The average Bonchev–Trinajstić information content (AvgIpc) is 2.55. The lowest BCUT2D eigenvalue weighted by atomic mass is 10.3. The lowest BCUT2D eigenvalue weighted by Gasteiger charge is -2.14. The topological polar surface area (TPSA) is 0 Å². The van der Waals surface area contributed by atoms with Crippen LogP contribution in [0.3, 0.4) is 0 Å². The van der Waals surface area contributed by atoms with Gasteiger partial charge in [0.1, 0.15) is 0 Å². The van der Waals surface area contributed by atoms with Crippen LogP contribution in [-0.4, -0.2) is 25.7 Å². The molecule has 2 atom stereocenters. The summed E-state index contributed by atoms with van der Waals surface area (Å²) in [4.78, 5) is 0. The molecule has 0 aliphatic heterocycles. The summed E-state index contributed by atoms with van der Waals surface area (Å²) in [6.07, 6.45) is 6.92. The fourth-order valence-electron chi connectivity index (χ4n) is 2.50. The highest BCUT2D eigenvalue weighted by Crippen LogP contribution is 2.33. The summed E-state index contributed by atoms with van der Waals surface area (Å²) >= 11 is 0. The van der Waals surface area contributed by atoms with Gasteiger partial charge in [-0.1, -0.05) is 82.9 Å². The Bertz CT molecular complexity index is 448. The van der Waals surface area contributed by atoms with E-state index in [0.717, 1.165) is 0 Å². The Kier molecular flexibility index (Phi) is 7.42. The molecule has 2 aromatic rings. The van der Waals surface area contributed by atoms with Gasteiger partial charge in [0.25, 0.3) is 0 Å². The first-order chi connectivity index (χ1) is 10.3. The minimum absolute atomic E-state index is 0.0539. The summed E-state index contributed by atoms with van der Waals surface area (Å²) in [5.41, 5.74) is 0. The predicted octanol–water partition coefficient (Wildman–Crippen LogP) is 5.03. The molecule has 2 rings (SSSR count). The fraction of sp³-hybridized carbons (Fsp3) is 0.368. The van der Waals surface area contributed by atoms with E-state index in [0.29, 0.717) is 0 Å². The summed E-state index contributed by atoms with van der Waals surface area (Å²) in [5, 5.41) is 3.10. The van der Waals surface area contributed by atoms with E-state index >= 15 is 0 Å². The van der Waals surface area contributed by atoms with Gasteiger partial charge < -0.3 is 0 Å². The Balaban J connectivity index is 1.62. The Morgan fingerprint density at radius 1 is 0.571 bits per heavy atom. The van der Waals surface area contributed by atoms with Crippen molar-refractivity contribution in [1.82, 2.24) is 0 Å². The van der Waals surface area contributed by atoms with Crippen LogP contribution < -0.4 is 10.6 Å². The molecule has 21 heavy (non-hydrogen) atoms. The molecule has 0 aromatic heterocycles. The van der Waals surface area contributed by atoms with Gasteiger partial charge in [-0.3, -0.25) is 0 Å². The van der Waals surface area contributed by atoms with Crippen LogP contribution >= 0.6 is 15.8 Å². The lowest BCUT2D eigenvalue weighted by molar-refractivity contribution is 0.781. The van der Waals surface area contributed by atoms with Crippen molar-refractivity contribution in [3.63, 3.8) is 0 Å². The molecule has 0 heterocycles. The molecule has 0 aliphatic carbocycles. The third-order valence-electron chi connectivity index (χ3n) is 3.88. The molecule has 0 bridgehead atoms. The van der Waals surface area contributed by atoms with Crippen molar-refractivity contribution in [3.05, 3.63) is 60.7 Å². The summed E-state index contributed by atoms with van der Waals surface area (Å²) in [7, 11) is 0.108. The number of benzene rings is 2. The molecule has 0 fully saturated rings. The van der Waals surface area contributed by atoms with Gasteiger partial charge in [-0.05, 0) is 49.1 Å². The van der Waals surface area contributed by atoms with E-state index in [-0.39, 0.29) is 15.8 Å². The van der Waals surface area contributed by atoms with Crippen molar-refractivity contribution in [2.24, 2.45) is 0 Å². The minimum Gasteiger partial charge on any atom is -0.0785 e. The summed E-state index contributed by atoms with van der Waals surface area (Å²) in [6.45, 7) is 4.84. The number of rotatable bonds is 8. The number of hydrogen-bond acceptors (Lipinski definition) is 0. The van der Waals surface area contributed by atoms with Crippen molar-refractivity contribution in [2.75, 3.05) is 25.7 Å². The van der Waals surface area contributed by atoms with Crippen molar-refractivity contribution in [2.45, 2.75) is 19.3 Å². The maximum Gasteiger partial charge on any atom is -0.0243 e. The Labute approximate surface area is 132 Å². The molecule has 2 unspecified atom stereocenters. The maximum atomic E-state index is 2.42. The van der Waals surface area contributed by atoms with Gasteiger partial charge in [0, 0.05) is 0 Å². The molecule has 0 amide bonds. The second-order valence-corrected chi connectivity index (χ2v) is 10.3. The SMILES string of the molecule is CP(CCCCCP(C)c1ccccc1)c1ccccc1. The van der Waals surface area contributed by atoms with Gasteiger partial charge in [-0.2, -0.15) is 0 Å². The predicted molar refractivity (Wildman–Crippen MR) is 101 cm³/mol. The normalized spacial score (nSPS) is 13.8. The molecule has 0 saturated carbocycles. The van der Waals surface area contributed by atoms with Gasteiger partial charge in [-0.15, -0.1) is 0 Å². The summed E-state index contributed by atoms with van der Waals surface area (Å²) < 4.78 is 0. The fourth-order valence-corrected chi connectivity index (χ4v) is 5.77. The first-order valence-corrected chi connectivity index (χ1v) is 11.7. The van der Waals surface area contributed by atoms with E-state index < -0.39 is 0 Å². The standard InChI is InChI=1S/C19H26P2/c1-20(18-12-6-3-7-13-18)16-10-5-11-17-21(2)19-14-8-4-9-15-19/h3-4,6-9,12-15H,5,10-11,16-17H2,1-2H3. The molecule has 2 heteroatoms. The molecule has 0 aliphatic rings. The molecular formula is C19H26P2. The molecule has 0 spiro atoms. The third kappa shape index (κ3) is 5.90. The smallest absolute Gasteiger partial charge is 0.0243 e. The maximum absolute atomic E-state index is 2.42. The number of unbranched alkanes of at least 4 members (excludes halogenated alkanes) is 2. The second-order valence-electron chi connectivity index (χ2n) is 5.57. The monoisotopic (exact) mass is 316 g/mol. The van der Waals surface area contributed by atoms with Crippen LogP contribution in [0.1, 0.15) is 19.3 Å². The lowest BCUT2D eigenvalue weighted by Crippen LogP contribution is -2.03. The van der Waals surface area contributed by atoms with Crippen LogP contribution in [0.25, 0.3) is 0 Å². The van der Waals surface area contributed by atoms with E-state index in [2.05, 4.69) is 74.0 Å². The second kappa shape index (κ2) is 9.34. The molecule has 0 N–H and O–H groups in total. The quantitative estimate of drug-likeness (QED) is 0.473. The molecular weight excluding hydrogens is 290 g/mol. The average molecular weight is 316 g/mol. The van der Waals surface area contributed by atoms with Crippen molar-refractivity contribution >= 4 is 26.5 Å². The van der Waals surface area contributed by atoms with Crippen LogP contribution in [-0.2, 0) is 0 Å². The first kappa shape index (κ1) is 16.7. The highest BCUT2D eigenvalue weighted by molar-refractivity contribution is 7.65. The van der Waals surface area contributed by atoms with E-state index in [1.165, 1.54) is 31.6 Å². The molecule has 0 saturated heterocycles. The molecule has 0 nitrogen and oxygen atoms in total. The summed E-state index contributed by atoms with van der Waals surface area (Å²) in [6, 6.07) is 22.0. The molecule has 112 valence electrons. The van der Waals surface area contributed by atoms with Gasteiger partial charge in [0.2, 0.25) is 0 Å². The molecule has 2 aromatic carbocycles. The van der Waals surface area contributed by atoms with Gasteiger partial charge in [0.15, 0.2) is 0 Å². The first-order valence-electron chi connectivity index (χ1n) is 7.80. The Hall–Kier alpha value is -0.700. The Morgan fingerprint density at radius 3 is 1.33 bits per heavy atom. The van der Waals surface area contributed by atoms with Gasteiger partial charge in [0.05, 0.1) is 0 Å².